The molecule has 1 heterocycles. The van der Waals surface area contributed by atoms with Crippen LogP contribution in [0.25, 0.3) is 0 Å². The smallest absolute Gasteiger partial charge is 0.310 e. The number of hydrogen-bond donors (Lipinski definition) is 2. The number of rotatable bonds is 7. The first kappa shape index (κ1) is 17.4. The lowest BCUT2D eigenvalue weighted by atomic mass is 9.83. The Labute approximate surface area is 121 Å². The van der Waals surface area contributed by atoms with Crippen molar-refractivity contribution < 1.29 is 18.3 Å². The highest BCUT2D eigenvalue weighted by atomic mass is 32.2. The topological polar surface area (TPSA) is 86.7 Å². The molecular formula is C13H26N2O4S. The van der Waals surface area contributed by atoms with Gasteiger partial charge in [0.1, 0.15) is 0 Å². The fraction of sp³-hybridized carbons (Fsp3) is 0.923. The molecule has 7 heteroatoms. The molecule has 0 radical (unpaired) electrons. The van der Waals surface area contributed by atoms with Gasteiger partial charge in [-0.15, -0.1) is 0 Å². The SMILES string of the molecule is CCC(CC)(CNS(=O)(=O)N1CCCCCC1)C(=O)O. The molecule has 0 aromatic carbocycles. The van der Waals surface area contributed by atoms with Crippen molar-refractivity contribution in [1.29, 1.82) is 0 Å². The summed E-state index contributed by atoms with van der Waals surface area (Å²) in [5, 5.41) is 9.33. The highest BCUT2D eigenvalue weighted by Crippen LogP contribution is 2.26. The third kappa shape index (κ3) is 4.17. The Hall–Kier alpha value is -0.660. The van der Waals surface area contributed by atoms with E-state index in [1.807, 2.05) is 0 Å². The molecule has 0 aromatic heterocycles. The third-order valence-electron chi connectivity index (χ3n) is 4.31. The van der Waals surface area contributed by atoms with Gasteiger partial charge in [-0.25, -0.2) is 4.72 Å². The summed E-state index contributed by atoms with van der Waals surface area (Å²) in [5.74, 6) is -0.943. The van der Waals surface area contributed by atoms with Crippen LogP contribution in [0.15, 0.2) is 0 Å². The zero-order valence-corrected chi connectivity index (χ0v) is 13.2. The Balaban J connectivity index is 2.72. The van der Waals surface area contributed by atoms with Crippen LogP contribution in [0.1, 0.15) is 52.4 Å². The second kappa shape index (κ2) is 7.38. The van der Waals surface area contributed by atoms with E-state index in [1.54, 1.807) is 13.8 Å². The number of aliphatic carboxylic acids is 1. The quantitative estimate of drug-likeness (QED) is 0.748. The Morgan fingerprint density at radius 1 is 1.15 bits per heavy atom. The van der Waals surface area contributed by atoms with Crippen LogP contribution in [0.3, 0.4) is 0 Å². The Kier molecular flexibility index (Phi) is 6.42. The van der Waals surface area contributed by atoms with Crippen molar-refractivity contribution in [3.05, 3.63) is 0 Å². The largest absolute Gasteiger partial charge is 0.481 e. The number of nitrogens with zero attached hydrogens (tertiary/aromatic N) is 1. The number of nitrogens with one attached hydrogen (secondary N) is 1. The molecule has 0 saturated carbocycles. The predicted octanol–water partition coefficient (Wildman–Crippen LogP) is 1.59. The molecule has 0 atom stereocenters. The van der Waals surface area contributed by atoms with Gasteiger partial charge in [0, 0.05) is 19.6 Å². The van der Waals surface area contributed by atoms with E-state index in [4.69, 9.17) is 0 Å². The Morgan fingerprint density at radius 3 is 2.05 bits per heavy atom. The molecule has 0 amide bonds. The lowest BCUT2D eigenvalue weighted by Gasteiger charge is -2.28. The maximum absolute atomic E-state index is 12.3. The van der Waals surface area contributed by atoms with E-state index >= 15 is 0 Å². The number of carboxylic acid groups (broad SMARTS) is 1. The lowest BCUT2D eigenvalue weighted by Crippen LogP contribution is -2.47. The van der Waals surface area contributed by atoms with Crippen LogP contribution >= 0.6 is 0 Å². The Bertz CT molecular complexity index is 410. The van der Waals surface area contributed by atoms with Crippen molar-refractivity contribution >= 4 is 16.2 Å². The van der Waals surface area contributed by atoms with E-state index in [2.05, 4.69) is 4.72 Å². The zero-order valence-electron chi connectivity index (χ0n) is 12.4. The van der Waals surface area contributed by atoms with E-state index in [0.29, 0.717) is 25.9 Å². The summed E-state index contributed by atoms with van der Waals surface area (Å²) in [6.07, 6.45) is 4.64. The van der Waals surface area contributed by atoms with Gasteiger partial charge in [0.2, 0.25) is 0 Å². The van der Waals surface area contributed by atoms with Crippen molar-refractivity contribution in [3.63, 3.8) is 0 Å². The molecule has 1 aliphatic rings. The monoisotopic (exact) mass is 306 g/mol. The van der Waals surface area contributed by atoms with Crippen LogP contribution in [0.4, 0.5) is 0 Å². The first-order valence-corrected chi connectivity index (χ1v) is 8.80. The lowest BCUT2D eigenvalue weighted by molar-refractivity contribution is -0.149. The summed E-state index contributed by atoms with van der Waals surface area (Å²) in [5.41, 5.74) is -1.01. The van der Waals surface area contributed by atoms with Crippen molar-refractivity contribution in [2.24, 2.45) is 5.41 Å². The van der Waals surface area contributed by atoms with Gasteiger partial charge in [-0.1, -0.05) is 26.7 Å². The van der Waals surface area contributed by atoms with E-state index in [-0.39, 0.29) is 6.54 Å². The van der Waals surface area contributed by atoms with E-state index < -0.39 is 21.6 Å². The molecule has 20 heavy (non-hydrogen) atoms. The summed E-state index contributed by atoms with van der Waals surface area (Å²) in [6.45, 7) is 4.55. The minimum Gasteiger partial charge on any atom is -0.481 e. The van der Waals surface area contributed by atoms with Crippen molar-refractivity contribution in [1.82, 2.24) is 9.03 Å². The number of carbonyl (C=O) groups is 1. The third-order valence-corrected chi connectivity index (χ3v) is 5.86. The molecule has 0 bridgehead atoms. The fourth-order valence-electron chi connectivity index (χ4n) is 2.48. The van der Waals surface area contributed by atoms with Gasteiger partial charge in [0.15, 0.2) is 0 Å². The summed E-state index contributed by atoms with van der Waals surface area (Å²) in [4.78, 5) is 11.4. The molecule has 118 valence electrons. The van der Waals surface area contributed by atoms with Crippen LogP contribution in [-0.2, 0) is 15.0 Å². The molecule has 0 aliphatic carbocycles. The van der Waals surface area contributed by atoms with E-state index in [1.165, 1.54) is 4.31 Å². The molecular weight excluding hydrogens is 280 g/mol. The molecule has 1 rings (SSSR count). The second-order valence-electron chi connectivity index (χ2n) is 5.43. The van der Waals surface area contributed by atoms with Gasteiger partial charge in [-0.05, 0) is 25.7 Å². The number of carboxylic acids is 1. The highest BCUT2D eigenvalue weighted by Gasteiger charge is 2.36. The Morgan fingerprint density at radius 2 is 1.65 bits per heavy atom. The standard InChI is InChI=1S/C13H26N2O4S/c1-3-13(4-2,12(16)17)11-14-20(18,19)15-9-7-5-6-8-10-15/h14H,3-11H2,1-2H3,(H,16,17). The fourth-order valence-corrected chi connectivity index (χ4v) is 3.86. The molecule has 2 N–H and O–H groups in total. The van der Waals surface area contributed by atoms with Crippen LogP contribution in [0, 0.1) is 5.41 Å². The molecule has 0 unspecified atom stereocenters. The minimum atomic E-state index is -3.57. The van der Waals surface area contributed by atoms with Crippen molar-refractivity contribution in [2.75, 3.05) is 19.6 Å². The molecule has 1 fully saturated rings. The van der Waals surface area contributed by atoms with Gasteiger partial charge in [-0.2, -0.15) is 12.7 Å². The highest BCUT2D eigenvalue weighted by molar-refractivity contribution is 7.87. The number of hydrogen-bond acceptors (Lipinski definition) is 3. The normalized spacial score (nSPS) is 18.7. The maximum Gasteiger partial charge on any atom is 0.310 e. The van der Waals surface area contributed by atoms with Crippen LogP contribution in [0.5, 0.6) is 0 Å². The predicted molar refractivity (Wildman–Crippen MR) is 77.6 cm³/mol. The molecule has 1 saturated heterocycles. The summed E-state index contributed by atoms with van der Waals surface area (Å²) in [7, 11) is -3.57. The average Bonchev–Trinajstić information content (AvgIpc) is 2.69. The molecule has 6 nitrogen and oxygen atoms in total. The minimum absolute atomic E-state index is 0.0475. The van der Waals surface area contributed by atoms with Crippen LogP contribution < -0.4 is 4.72 Å². The zero-order chi connectivity index (χ0) is 15.2. The second-order valence-corrected chi connectivity index (χ2v) is 7.19. The summed E-state index contributed by atoms with van der Waals surface area (Å²) < 4.78 is 28.5. The van der Waals surface area contributed by atoms with Crippen molar-refractivity contribution in [3.8, 4) is 0 Å². The maximum atomic E-state index is 12.3. The van der Waals surface area contributed by atoms with Gasteiger partial charge in [0.05, 0.1) is 5.41 Å². The van der Waals surface area contributed by atoms with Gasteiger partial charge < -0.3 is 5.11 Å². The van der Waals surface area contributed by atoms with Crippen LogP contribution in [0.2, 0.25) is 0 Å². The first-order chi connectivity index (χ1) is 9.38. The molecule has 1 aliphatic heterocycles. The molecule has 0 spiro atoms. The van der Waals surface area contributed by atoms with Crippen LogP contribution in [-0.4, -0.2) is 43.4 Å². The van der Waals surface area contributed by atoms with E-state index in [0.717, 1.165) is 25.7 Å². The average molecular weight is 306 g/mol. The van der Waals surface area contributed by atoms with E-state index in [9.17, 15) is 18.3 Å². The van der Waals surface area contributed by atoms with Crippen molar-refractivity contribution in [2.45, 2.75) is 52.4 Å². The summed E-state index contributed by atoms with van der Waals surface area (Å²) >= 11 is 0. The van der Waals surface area contributed by atoms with Gasteiger partial charge in [0.25, 0.3) is 10.2 Å². The van der Waals surface area contributed by atoms with Gasteiger partial charge >= 0.3 is 5.97 Å². The summed E-state index contributed by atoms with van der Waals surface area (Å²) in [6, 6.07) is 0. The molecule has 0 aromatic rings. The first-order valence-electron chi connectivity index (χ1n) is 7.36. The van der Waals surface area contributed by atoms with Gasteiger partial charge in [-0.3, -0.25) is 4.79 Å².